The molecule has 1 aromatic heterocycles. The maximum Gasteiger partial charge on any atom is 0.343 e. The van der Waals surface area contributed by atoms with Crippen molar-refractivity contribution in [2.24, 2.45) is 0 Å². The summed E-state index contributed by atoms with van der Waals surface area (Å²) >= 11 is 0. The maximum atomic E-state index is 11.9. The predicted molar refractivity (Wildman–Crippen MR) is 81.7 cm³/mol. The lowest BCUT2D eigenvalue weighted by atomic mass is 10.1. The van der Waals surface area contributed by atoms with Gasteiger partial charge in [-0.05, 0) is 38.3 Å². The third-order valence-electron chi connectivity index (χ3n) is 2.85. The van der Waals surface area contributed by atoms with Crippen molar-refractivity contribution >= 4 is 22.5 Å². The number of hydrogen-bond donors (Lipinski definition) is 0. The van der Waals surface area contributed by atoms with Crippen LogP contribution in [0.4, 0.5) is 0 Å². The first kappa shape index (κ1) is 15.9. The summed E-state index contributed by atoms with van der Waals surface area (Å²) in [5.41, 5.74) is -1.12. The summed E-state index contributed by atoms with van der Waals surface area (Å²) in [5, 5.41) is 1.17. The number of rotatable bonds is 4. The van der Waals surface area contributed by atoms with E-state index in [1.807, 2.05) is 0 Å². The van der Waals surface area contributed by atoms with Crippen LogP contribution in [0.5, 0.6) is 0 Å². The van der Waals surface area contributed by atoms with Gasteiger partial charge in [-0.25, -0.2) is 4.79 Å². The second kappa shape index (κ2) is 6.13. The number of fused-ring (bicyclic) bond motifs is 1. The highest BCUT2D eigenvalue weighted by Crippen LogP contribution is 2.13. The molecule has 0 N–H and O–H groups in total. The van der Waals surface area contributed by atoms with Crippen molar-refractivity contribution in [2.45, 2.75) is 39.2 Å². The number of esters is 1. The van der Waals surface area contributed by atoms with Crippen LogP contribution in [0.1, 0.15) is 33.0 Å². The minimum Gasteiger partial charge on any atom is -0.460 e. The van der Waals surface area contributed by atoms with E-state index < -0.39 is 17.2 Å². The van der Waals surface area contributed by atoms with Crippen LogP contribution in [-0.4, -0.2) is 17.4 Å². The molecule has 0 bridgehead atoms. The van der Waals surface area contributed by atoms with Crippen molar-refractivity contribution in [3.05, 3.63) is 46.5 Å². The first-order valence-electron chi connectivity index (χ1n) is 7.00. The highest BCUT2D eigenvalue weighted by molar-refractivity contribution is 5.96. The molecule has 0 aliphatic rings. The summed E-state index contributed by atoms with van der Waals surface area (Å²) in [6, 6.07) is 8.62. The summed E-state index contributed by atoms with van der Waals surface area (Å²) in [5.74, 6) is -0.689. The molecule has 0 saturated carbocycles. The Labute approximate surface area is 127 Å². The van der Waals surface area contributed by atoms with E-state index in [0.29, 0.717) is 10.8 Å². The highest BCUT2D eigenvalue weighted by Gasteiger charge is 2.19. The molecule has 5 nitrogen and oxygen atoms in total. The average molecular weight is 302 g/mol. The minimum atomic E-state index is -0.632. The Bertz CT molecular complexity index is 764. The molecule has 0 unspecified atom stereocenters. The number of hydrogen-bond acceptors (Lipinski definition) is 5. The number of ether oxygens (including phenoxy) is 1. The van der Waals surface area contributed by atoms with Gasteiger partial charge in [-0.3, -0.25) is 9.59 Å². The van der Waals surface area contributed by atoms with Gasteiger partial charge in [0.25, 0.3) is 0 Å². The zero-order valence-corrected chi connectivity index (χ0v) is 12.8. The fraction of sp³-hybridized carbons (Fsp3) is 0.353. The zero-order chi connectivity index (χ0) is 16.3. The normalized spacial score (nSPS) is 11.4. The summed E-state index contributed by atoms with van der Waals surface area (Å²) in [6.45, 7) is 5.20. The average Bonchev–Trinajstić information content (AvgIpc) is 2.35. The van der Waals surface area contributed by atoms with Gasteiger partial charge in [0.2, 0.25) is 0 Å². The molecule has 116 valence electrons. The molecule has 0 aliphatic carbocycles. The van der Waals surface area contributed by atoms with Crippen molar-refractivity contribution in [1.29, 1.82) is 0 Å². The Morgan fingerprint density at radius 1 is 1.18 bits per heavy atom. The van der Waals surface area contributed by atoms with Crippen LogP contribution in [0.15, 0.2) is 39.5 Å². The fourth-order valence-electron chi connectivity index (χ4n) is 2.07. The molecule has 0 saturated heterocycles. The molecule has 5 heteroatoms. The van der Waals surface area contributed by atoms with Gasteiger partial charge in [0.15, 0.2) is 5.78 Å². The fourth-order valence-corrected chi connectivity index (χ4v) is 2.07. The van der Waals surface area contributed by atoms with Gasteiger partial charge in [-0.15, -0.1) is 0 Å². The third-order valence-corrected chi connectivity index (χ3v) is 2.85. The summed E-state index contributed by atoms with van der Waals surface area (Å²) in [7, 11) is 0. The first-order chi connectivity index (χ1) is 10.2. The molecule has 1 aromatic carbocycles. The van der Waals surface area contributed by atoms with Gasteiger partial charge >= 0.3 is 11.6 Å². The standard InChI is InChI=1S/C17H18O5/c1-17(2,3)22-15(19)10-12(18)9-13-8-11-6-4-5-7-14(11)16(20)21-13/h4-8H,9-10H2,1-3H3. The van der Waals surface area contributed by atoms with Gasteiger partial charge in [-0.2, -0.15) is 0 Å². The number of ketones is 1. The van der Waals surface area contributed by atoms with E-state index in [2.05, 4.69) is 0 Å². The molecule has 0 fully saturated rings. The predicted octanol–water partition coefficient (Wildman–Crippen LogP) is 2.64. The Morgan fingerprint density at radius 2 is 1.86 bits per heavy atom. The van der Waals surface area contributed by atoms with Crippen LogP contribution < -0.4 is 5.63 Å². The first-order valence-corrected chi connectivity index (χ1v) is 7.00. The molecular weight excluding hydrogens is 284 g/mol. The Hall–Kier alpha value is -2.43. The van der Waals surface area contributed by atoms with Crippen LogP contribution in [0, 0.1) is 0 Å². The van der Waals surface area contributed by atoms with Gasteiger partial charge < -0.3 is 9.15 Å². The topological polar surface area (TPSA) is 73.6 Å². The zero-order valence-electron chi connectivity index (χ0n) is 12.8. The van der Waals surface area contributed by atoms with E-state index in [-0.39, 0.29) is 24.4 Å². The van der Waals surface area contributed by atoms with Crippen molar-refractivity contribution in [3.8, 4) is 0 Å². The van der Waals surface area contributed by atoms with Gasteiger partial charge in [0.05, 0.1) is 11.8 Å². The Balaban J connectivity index is 2.09. The van der Waals surface area contributed by atoms with E-state index >= 15 is 0 Å². The smallest absolute Gasteiger partial charge is 0.343 e. The van der Waals surface area contributed by atoms with Gasteiger partial charge in [-0.1, -0.05) is 18.2 Å². The quantitative estimate of drug-likeness (QED) is 0.641. The van der Waals surface area contributed by atoms with E-state index in [0.717, 1.165) is 0 Å². The molecule has 0 radical (unpaired) electrons. The van der Waals surface area contributed by atoms with Crippen LogP contribution >= 0.6 is 0 Å². The van der Waals surface area contributed by atoms with Crippen LogP contribution in [0.25, 0.3) is 10.8 Å². The molecular formula is C17H18O5. The lowest BCUT2D eigenvalue weighted by Crippen LogP contribution is -2.25. The molecule has 0 aliphatic heterocycles. The number of benzene rings is 1. The van der Waals surface area contributed by atoms with E-state index in [1.54, 1.807) is 51.1 Å². The molecule has 0 amide bonds. The van der Waals surface area contributed by atoms with E-state index in [4.69, 9.17) is 9.15 Å². The highest BCUT2D eigenvalue weighted by atomic mass is 16.6. The number of carbonyl (C=O) groups excluding carboxylic acids is 2. The summed E-state index contributed by atoms with van der Waals surface area (Å²) < 4.78 is 10.2. The molecule has 2 aromatic rings. The second-order valence-corrected chi connectivity index (χ2v) is 6.07. The van der Waals surface area contributed by atoms with Crippen LogP contribution in [-0.2, 0) is 20.7 Å². The number of Topliss-reactive ketones (excluding diaryl/α,β-unsaturated/α-hetero) is 1. The lowest BCUT2D eigenvalue weighted by molar-refractivity contribution is -0.156. The molecule has 2 rings (SSSR count). The molecule has 0 spiro atoms. The van der Waals surface area contributed by atoms with E-state index in [1.165, 1.54) is 0 Å². The molecule has 22 heavy (non-hydrogen) atoms. The number of carbonyl (C=O) groups is 2. The second-order valence-electron chi connectivity index (χ2n) is 6.07. The monoisotopic (exact) mass is 302 g/mol. The summed E-state index contributed by atoms with van der Waals surface area (Å²) in [4.78, 5) is 35.3. The summed E-state index contributed by atoms with van der Waals surface area (Å²) in [6.07, 6.45) is -0.451. The van der Waals surface area contributed by atoms with Crippen LogP contribution in [0.2, 0.25) is 0 Å². The van der Waals surface area contributed by atoms with Gasteiger partial charge in [0, 0.05) is 0 Å². The minimum absolute atomic E-state index is 0.112. The van der Waals surface area contributed by atoms with Crippen molar-refractivity contribution < 1.29 is 18.7 Å². The molecule has 0 atom stereocenters. The largest absolute Gasteiger partial charge is 0.460 e. The van der Waals surface area contributed by atoms with E-state index in [9.17, 15) is 14.4 Å². The van der Waals surface area contributed by atoms with Crippen molar-refractivity contribution in [3.63, 3.8) is 0 Å². The van der Waals surface area contributed by atoms with Gasteiger partial charge in [0.1, 0.15) is 17.8 Å². The van der Waals surface area contributed by atoms with Crippen molar-refractivity contribution in [1.82, 2.24) is 0 Å². The lowest BCUT2D eigenvalue weighted by Gasteiger charge is -2.19. The maximum absolute atomic E-state index is 11.9. The van der Waals surface area contributed by atoms with Crippen molar-refractivity contribution in [2.75, 3.05) is 0 Å². The van der Waals surface area contributed by atoms with Crippen LogP contribution in [0.3, 0.4) is 0 Å². The molecule has 1 heterocycles. The SMILES string of the molecule is CC(C)(C)OC(=O)CC(=O)Cc1cc2ccccc2c(=O)o1. The Morgan fingerprint density at radius 3 is 2.55 bits per heavy atom. The Kier molecular flexibility index (Phi) is 4.45. The third kappa shape index (κ3) is 4.28.